The minimum Gasteiger partial charge on any atom is -0.480 e. The SMILES string of the molecule is CC[C@H](C)[C@H](NC(=O)N1CCN(C(=O)N[C@H](C(=O)O)[C@@H](C)CC)CC1)C(=O)O. The Morgan fingerprint density at radius 3 is 1.25 bits per heavy atom. The van der Waals surface area contributed by atoms with Gasteiger partial charge in [-0.3, -0.25) is 0 Å². The van der Waals surface area contributed by atoms with E-state index in [2.05, 4.69) is 10.6 Å². The maximum atomic E-state index is 12.4. The van der Waals surface area contributed by atoms with Gasteiger partial charge < -0.3 is 30.6 Å². The molecule has 0 aromatic heterocycles. The largest absolute Gasteiger partial charge is 0.480 e. The smallest absolute Gasteiger partial charge is 0.326 e. The third-order valence-electron chi connectivity index (χ3n) is 5.37. The van der Waals surface area contributed by atoms with Gasteiger partial charge in [-0.2, -0.15) is 0 Å². The quantitative estimate of drug-likeness (QED) is 0.480. The number of carboxylic acids is 2. The highest BCUT2D eigenvalue weighted by Crippen LogP contribution is 2.11. The fourth-order valence-corrected chi connectivity index (χ4v) is 2.93. The highest BCUT2D eigenvalue weighted by molar-refractivity contribution is 5.84. The van der Waals surface area contributed by atoms with Crippen LogP contribution in [0.15, 0.2) is 0 Å². The van der Waals surface area contributed by atoms with E-state index in [0.717, 1.165) is 0 Å². The molecule has 4 N–H and O–H groups in total. The Bertz CT molecular complexity index is 526. The lowest BCUT2D eigenvalue weighted by Gasteiger charge is -2.36. The molecular formula is C18H32N4O6. The van der Waals surface area contributed by atoms with Crippen molar-refractivity contribution in [1.82, 2.24) is 20.4 Å². The third kappa shape index (κ3) is 6.28. The maximum absolute atomic E-state index is 12.4. The van der Waals surface area contributed by atoms with E-state index in [1.54, 1.807) is 13.8 Å². The molecule has 28 heavy (non-hydrogen) atoms. The molecule has 0 bridgehead atoms. The van der Waals surface area contributed by atoms with E-state index in [1.165, 1.54) is 9.80 Å². The van der Waals surface area contributed by atoms with Gasteiger partial charge in [0.2, 0.25) is 0 Å². The average molecular weight is 400 g/mol. The van der Waals surface area contributed by atoms with Crippen LogP contribution in [0.1, 0.15) is 40.5 Å². The van der Waals surface area contributed by atoms with Gasteiger partial charge in [0.25, 0.3) is 0 Å². The van der Waals surface area contributed by atoms with Crippen molar-refractivity contribution in [3.05, 3.63) is 0 Å². The summed E-state index contributed by atoms with van der Waals surface area (Å²) in [5, 5.41) is 23.7. The zero-order valence-corrected chi connectivity index (χ0v) is 17.0. The number of urea groups is 2. The monoisotopic (exact) mass is 400 g/mol. The first kappa shape index (κ1) is 23.5. The van der Waals surface area contributed by atoms with Crippen LogP contribution in [0.3, 0.4) is 0 Å². The topological polar surface area (TPSA) is 139 Å². The molecule has 0 aromatic carbocycles. The molecule has 160 valence electrons. The van der Waals surface area contributed by atoms with E-state index in [0.29, 0.717) is 12.8 Å². The molecule has 0 spiro atoms. The van der Waals surface area contributed by atoms with E-state index in [1.807, 2.05) is 13.8 Å². The molecule has 4 atom stereocenters. The Morgan fingerprint density at radius 2 is 1.04 bits per heavy atom. The summed E-state index contributed by atoms with van der Waals surface area (Å²) in [5.41, 5.74) is 0. The number of rotatable bonds is 8. The van der Waals surface area contributed by atoms with Crippen LogP contribution in [0.5, 0.6) is 0 Å². The average Bonchev–Trinajstić information content (AvgIpc) is 2.68. The minimum absolute atomic E-state index is 0.206. The van der Waals surface area contributed by atoms with E-state index in [4.69, 9.17) is 0 Å². The van der Waals surface area contributed by atoms with Crippen molar-refractivity contribution in [1.29, 1.82) is 0 Å². The lowest BCUT2D eigenvalue weighted by molar-refractivity contribution is -0.141. The predicted octanol–water partition coefficient (Wildman–Crippen LogP) is 1.02. The number of hydrogen-bond donors (Lipinski definition) is 4. The molecular weight excluding hydrogens is 368 g/mol. The van der Waals surface area contributed by atoms with Crippen molar-refractivity contribution < 1.29 is 29.4 Å². The van der Waals surface area contributed by atoms with E-state index in [-0.39, 0.29) is 38.0 Å². The summed E-state index contributed by atoms with van der Waals surface area (Å²) in [6.07, 6.45) is 1.23. The number of nitrogens with one attached hydrogen (secondary N) is 2. The highest BCUT2D eigenvalue weighted by Gasteiger charge is 2.32. The fourth-order valence-electron chi connectivity index (χ4n) is 2.93. The van der Waals surface area contributed by atoms with Crippen LogP contribution in [-0.4, -0.2) is 82.3 Å². The second-order valence-corrected chi connectivity index (χ2v) is 7.28. The summed E-state index contributed by atoms with van der Waals surface area (Å²) in [6, 6.07) is -2.89. The molecule has 0 saturated carbocycles. The van der Waals surface area contributed by atoms with Crippen molar-refractivity contribution in [2.75, 3.05) is 26.2 Å². The molecule has 1 aliphatic heterocycles. The minimum atomic E-state index is -1.08. The second-order valence-electron chi connectivity index (χ2n) is 7.28. The molecule has 4 amide bonds. The summed E-state index contributed by atoms with van der Waals surface area (Å²) in [7, 11) is 0. The van der Waals surface area contributed by atoms with Gasteiger partial charge in [0.1, 0.15) is 12.1 Å². The number of carboxylic acid groups (broad SMARTS) is 2. The first-order chi connectivity index (χ1) is 13.1. The summed E-state index contributed by atoms with van der Waals surface area (Å²) >= 11 is 0. The standard InChI is InChI=1S/C18H32N4O6/c1-5-11(3)13(15(23)24)19-17(27)21-7-9-22(10-8-21)18(28)20-14(16(25)26)12(4)6-2/h11-14H,5-10H2,1-4H3,(H,19,27)(H,20,28)(H,23,24)(H,25,26)/t11-,12-,13-,14-/m0/s1. The first-order valence-electron chi connectivity index (χ1n) is 9.68. The number of amides is 4. The van der Waals surface area contributed by atoms with Crippen LogP contribution in [-0.2, 0) is 9.59 Å². The molecule has 1 saturated heterocycles. The predicted molar refractivity (Wildman–Crippen MR) is 102 cm³/mol. The van der Waals surface area contributed by atoms with Gasteiger partial charge in [-0.05, 0) is 11.8 Å². The number of nitrogens with zero attached hydrogens (tertiary/aromatic N) is 2. The summed E-state index contributed by atoms with van der Waals surface area (Å²) in [5.74, 6) is -2.57. The molecule has 10 heteroatoms. The van der Waals surface area contributed by atoms with Gasteiger partial charge in [0.05, 0.1) is 0 Å². The maximum Gasteiger partial charge on any atom is 0.326 e. The molecule has 1 heterocycles. The fraction of sp³-hybridized carbons (Fsp3) is 0.778. The molecule has 0 aliphatic carbocycles. The summed E-state index contributed by atoms with van der Waals surface area (Å²) in [6.45, 7) is 8.21. The van der Waals surface area contributed by atoms with Crippen LogP contribution in [0.25, 0.3) is 0 Å². The van der Waals surface area contributed by atoms with E-state index >= 15 is 0 Å². The number of carbonyl (C=O) groups is 4. The van der Waals surface area contributed by atoms with Crippen molar-refractivity contribution in [3.63, 3.8) is 0 Å². The van der Waals surface area contributed by atoms with Crippen LogP contribution in [0.4, 0.5) is 9.59 Å². The number of aliphatic carboxylic acids is 2. The van der Waals surface area contributed by atoms with Gasteiger partial charge in [-0.25, -0.2) is 19.2 Å². The van der Waals surface area contributed by atoms with Crippen molar-refractivity contribution in [2.45, 2.75) is 52.6 Å². The molecule has 10 nitrogen and oxygen atoms in total. The highest BCUT2D eigenvalue weighted by atomic mass is 16.4. The van der Waals surface area contributed by atoms with Crippen LogP contribution in [0, 0.1) is 11.8 Å². The zero-order valence-electron chi connectivity index (χ0n) is 17.0. The van der Waals surface area contributed by atoms with Crippen LogP contribution >= 0.6 is 0 Å². The molecule has 1 aliphatic rings. The Hall–Kier alpha value is -2.52. The van der Waals surface area contributed by atoms with Crippen molar-refractivity contribution in [3.8, 4) is 0 Å². The van der Waals surface area contributed by atoms with Crippen LogP contribution in [0.2, 0.25) is 0 Å². The molecule has 1 fully saturated rings. The van der Waals surface area contributed by atoms with Gasteiger partial charge in [0.15, 0.2) is 0 Å². The molecule has 0 radical (unpaired) electrons. The van der Waals surface area contributed by atoms with Gasteiger partial charge >= 0.3 is 24.0 Å². The molecule has 0 unspecified atom stereocenters. The molecule has 0 aromatic rings. The van der Waals surface area contributed by atoms with E-state index in [9.17, 15) is 29.4 Å². The Labute approximate surface area is 165 Å². The number of piperazine rings is 1. The first-order valence-corrected chi connectivity index (χ1v) is 9.68. The third-order valence-corrected chi connectivity index (χ3v) is 5.37. The Kier molecular flexibility index (Phi) is 9.01. The van der Waals surface area contributed by atoms with Gasteiger partial charge in [0, 0.05) is 26.2 Å². The molecule has 1 rings (SSSR count). The lowest BCUT2D eigenvalue weighted by atomic mass is 9.99. The Balaban J connectivity index is 2.59. The second kappa shape index (κ2) is 10.7. The number of hydrogen-bond acceptors (Lipinski definition) is 4. The number of carbonyl (C=O) groups excluding carboxylic acids is 2. The van der Waals surface area contributed by atoms with Crippen molar-refractivity contribution >= 4 is 24.0 Å². The normalized spacial score (nSPS) is 18.6. The lowest BCUT2D eigenvalue weighted by Crippen LogP contribution is -2.59. The summed E-state index contributed by atoms with van der Waals surface area (Å²) < 4.78 is 0. The van der Waals surface area contributed by atoms with E-state index < -0.39 is 36.1 Å². The van der Waals surface area contributed by atoms with Crippen molar-refractivity contribution in [2.24, 2.45) is 11.8 Å². The van der Waals surface area contributed by atoms with Gasteiger partial charge in [-0.15, -0.1) is 0 Å². The Morgan fingerprint density at radius 1 is 0.750 bits per heavy atom. The summed E-state index contributed by atoms with van der Waals surface area (Å²) in [4.78, 5) is 50.4. The zero-order chi connectivity index (χ0) is 21.4. The van der Waals surface area contributed by atoms with Crippen LogP contribution < -0.4 is 10.6 Å². The van der Waals surface area contributed by atoms with Gasteiger partial charge in [-0.1, -0.05) is 40.5 Å².